The zero-order valence-electron chi connectivity index (χ0n) is 24.0. The Hall–Kier alpha value is -3.56. The molecule has 41 heavy (non-hydrogen) atoms. The number of carbonyl (C=O) groups excluding carboxylic acids is 1. The molecule has 0 unspecified atom stereocenters. The fourth-order valence-corrected chi connectivity index (χ4v) is 6.61. The van der Waals surface area contributed by atoms with Gasteiger partial charge in [-0.25, -0.2) is 12.7 Å². The van der Waals surface area contributed by atoms with Crippen LogP contribution in [-0.4, -0.2) is 58.4 Å². The molecule has 1 fully saturated rings. The van der Waals surface area contributed by atoms with Gasteiger partial charge >= 0.3 is 5.97 Å². The average Bonchev–Trinajstić information content (AvgIpc) is 3.58. The summed E-state index contributed by atoms with van der Waals surface area (Å²) in [6.45, 7) is 6.59. The van der Waals surface area contributed by atoms with Gasteiger partial charge in [-0.05, 0) is 72.4 Å². The molecule has 2 atom stereocenters. The average molecular weight is 580 g/mol. The molecular weight excluding hydrogens is 542 g/mol. The molecule has 2 aliphatic rings. The van der Waals surface area contributed by atoms with Crippen LogP contribution in [0.5, 0.6) is 17.2 Å². The highest BCUT2D eigenvalue weighted by Crippen LogP contribution is 2.39. The van der Waals surface area contributed by atoms with Crippen molar-refractivity contribution >= 4 is 16.0 Å². The van der Waals surface area contributed by atoms with Gasteiger partial charge in [-0.1, -0.05) is 24.3 Å². The largest absolute Gasteiger partial charge is 0.493 e. The van der Waals surface area contributed by atoms with Gasteiger partial charge in [0.1, 0.15) is 23.9 Å². The first-order chi connectivity index (χ1) is 19.6. The Labute approximate surface area is 242 Å². The Kier molecular flexibility index (Phi) is 8.56. The minimum atomic E-state index is -3.15. The van der Waals surface area contributed by atoms with E-state index in [0.29, 0.717) is 45.1 Å². The van der Waals surface area contributed by atoms with E-state index in [1.165, 1.54) is 17.7 Å². The van der Waals surface area contributed by atoms with Crippen LogP contribution in [-0.2, 0) is 26.2 Å². The molecule has 9 heteroatoms. The highest BCUT2D eigenvalue weighted by Gasteiger charge is 2.29. The molecule has 3 aromatic rings. The first-order valence-corrected chi connectivity index (χ1v) is 15.7. The summed E-state index contributed by atoms with van der Waals surface area (Å²) in [7, 11) is -1.76. The van der Waals surface area contributed by atoms with E-state index in [9.17, 15) is 13.2 Å². The molecule has 218 valence electrons. The number of rotatable bonds is 10. The van der Waals surface area contributed by atoms with Crippen LogP contribution < -0.4 is 14.2 Å². The lowest BCUT2D eigenvalue weighted by molar-refractivity contribution is -0.141. The third kappa shape index (κ3) is 6.85. The molecule has 5 rings (SSSR count). The van der Waals surface area contributed by atoms with Crippen LogP contribution in [0.25, 0.3) is 11.1 Å². The molecule has 8 nitrogen and oxygen atoms in total. The van der Waals surface area contributed by atoms with E-state index >= 15 is 0 Å². The van der Waals surface area contributed by atoms with Crippen molar-refractivity contribution in [2.45, 2.75) is 39.2 Å². The van der Waals surface area contributed by atoms with E-state index in [-0.39, 0.29) is 17.8 Å². The maximum absolute atomic E-state index is 11.8. The van der Waals surface area contributed by atoms with Crippen LogP contribution in [0.4, 0.5) is 0 Å². The van der Waals surface area contributed by atoms with Crippen LogP contribution in [0, 0.1) is 19.8 Å². The van der Waals surface area contributed by atoms with Crippen LogP contribution in [0.3, 0.4) is 0 Å². The van der Waals surface area contributed by atoms with E-state index in [2.05, 4.69) is 26.0 Å². The highest BCUT2D eigenvalue weighted by atomic mass is 32.2. The summed E-state index contributed by atoms with van der Waals surface area (Å²) in [5.41, 5.74) is 6.53. The topological polar surface area (TPSA) is 91.4 Å². The van der Waals surface area contributed by atoms with Gasteiger partial charge in [0.2, 0.25) is 10.0 Å². The van der Waals surface area contributed by atoms with Crippen molar-refractivity contribution in [3.8, 4) is 28.4 Å². The van der Waals surface area contributed by atoms with Crippen LogP contribution in [0.15, 0.2) is 54.6 Å². The molecule has 0 aromatic heterocycles. The summed E-state index contributed by atoms with van der Waals surface area (Å²) in [5, 5.41) is 0. The van der Waals surface area contributed by atoms with Gasteiger partial charge in [-0.3, -0.25) is 4.79 Å². The monoisotopic (exact) mass is 579 g/mol. The maximum Gasteiger partial charge on any atom is 0.306 e. The standard InChI is InChI=1S/C32H37NO7S/c1-21-12-28(39-19-24-10-11-33(17-24)41(4,35)36)13-22(2)32(21)25-7-5-6-23(14-25)18-38-27-8-9-29-26(15-31(34)37-3)20-40-30(29)16-27/h5-9,12-14,16,24,26H,10-11,15,17-20H2,1-4H3/t24-,26+/m0/s1. The number of hydrogen-bond acceptors (Lipinski definition) is 7. The number of aryl methyl sites for hydroxylation is 2. The van der Waals surface area contributed by atoms with Crippen molar-refractivity contribution in [2.24, 2.45) is 5.92 Å². The maximum atomic E-state index is 11.8. The van der Waals surface area contributed by atoms with E-state index < -0.39 is 10.0 Å². The summed E-state index contributed by atoms with van der Waals surface area (Å²) in [4.78, 5) is 11.7. The number of esters is 1. The van der Waals surface area contributed by atoms with Crippen molar-refractivity contribution in [3.05, 3.63) is 76.9 Å². The third-order valence-electron chi connectivity index (χ3n) is 7.84. The summed E-state index contributed by atoms with van der Waals surface area (Å²) in [6.07, 6.45) is 2.37. The molecule has 2 heterocycles. The van der Waals surface area contributed by atoms with Crippen LogP contribution >= 0.6 is 0 Å². The summed E-state index contributed by atoms with van der Waals surface area (Å²) in [6, 6.07) is 18.2. The molecule has 0 radical (unpaired) electrons. The van der Waals surface area contributed by atoms with Gasteiger partial charge in [0.15, 0.2) is 0 Å². The minimum absolute atomic E-state index is 0.000556. The molecule has 0 amide bonds. The second kappa shape index (κ2) is 12.1. The number of carbonyl (C=O) groups is 1. The third-order valence-corrected chi connectivity index (χ3v) is 9.11. The van der Waals surface area contributed by atoms with Gasteiger partial charge in [0, 0.05) is 36.6 Å². The second-order valence-corrected chi connectivity index (χ2v) is 13.0. The van der Waals surface area contributed by atoms with E-state index in [4.69, 9.17) is 18.9 Å². The van der Waals surface area contributed by atoms with Crippen molar-refractivity contribution in [3.63, 3.8) is 0 Å². The Balaban J connectivity index is 1.22. The SMILES string of the molecule is COC(=O)C[C@@H]1COc2cc(OCc3cccc(-c4c(C)cc(OC[C@H]5CCN(S(C)(=O)=O)C5)cc4C)c3)ccc21. The summed E-state index contributed by atoms with van der Waals surface area (Å²) < 4.78 is 47.9. The van der Waals surface area contributed by atoms with Crippen LogP contribution in [0.2, 0.25) is 0 Å². The summed E-state index contributed by atoms with van der Waals surface area (Å²) in [5.74, 6) is 2.21. The number of nitrogens with zero attached hydrogens (tertiary/aromatic N) is 1. The normalized spacial score (nSPS) is 18.5. The quantitative estimate of drug-likeness (QED) is 0.303. The number of hydrogen-bond donors (Lipinski definition) is 0. The smallest absolute Gasteiger partial charge is 0.306 e. The second-order valence-electron chi connectivity index (χ2n) is 11.0. The van der Waals surface area contributed by atoms with Crippen LogP contribution in [0.1, 0.15) is 41.0 Å². The van der Waals surface area contributed by atoms with E-state index in [1.807, 2.05) is 42.5 Å². The number of sulfonamides is 1. The predicted octanol–water partition coefficient (Wildman–Crippen LogP) is 5.25. The minimum Gasteiger partial charge on any atom is -0.493 e. The number of fused-ring (bicyclic) bond motifs is 1. The lowest BCUT2D eigenvalue weighted by Crippen LogP contribution is -2.28. The first kappa shape index (κ1) is 29.0. The number of methoxy groups -OCH3 is 1. The fourth-order valence-electron chi connectivity index (χ4n) is 5.69. The van der Waals surface area contributed by atoms with E-state index in [0.717, 1.165) is 51.3 Å². The molecule has 0 spiro atoms. The zero-order valence-corrected chi connectivity index (χ0v) is 24.8. The predicted molar refractivity (Wildman–Crippen MR) is 157 cm³/mol. The van der Waals surface area contributed by atoms with Crippen molar-refractivity contribution in [1.29, 1.82) is 0 Å². The van der Waals surface area contributed by atoms with Crippen molar-refractivity contribution < 1.29 is 32.2 Å². The van der Waals surface area contributed by atoms with E-state index in [1.54, 1.807) is 0 Å². The van der Waals surface area contributed by atoms with Crippen molar-refractivity contribution in [2.75, 3.05) is 39.7 Å². The van der Waals surface area contributed by atoms with Gasteiger partial charge in [-0.2, -0.15) is 0 Å². The molecule has 3 aromatic carbocycles. The van der Waals surface area contributed by atoms with Gasteiger partial charge in [-0.15, -0.1) is 0 Å². The molecular formula is C32H37NO7S. The number of ether oxygens (including phenoxy) is 4. The molecule has 1 saturated heterocycles. The molecule has 0 N–H and O–H groups in total. The van der Waals surface area contributed by atoms with Gasteiger partial charge in [0.25, 0.3) is 0 Å². The lowest BCUT2D eigenvalue weighted by atomic mass is 9.94. The van der Waals surface area contributed by atoms with Gasteiger partial charge < -0.3 is 18.9 Å². The highest BCUT2D eigenvalue weighted by molar-refractivity contribution is 7.88. The van der Waals surface area contributed by atoms with Crippen molar-refractivity contribution in [1.82, 2.24) is 4.31 Å². The fraction of sp³-hybridized carbons (Fsp3) is 0.406. The molecule has 0 aliphatic carbocycles. The molecule has 0 saturated carbocycles. The number of benzene rings is 3. The Bertz CT molecular complexity index is 1510. The Morgan fingerprint density at radius 1 is 1.02 bits per heavy atom. The molecule has 2 aliphatic heterocycles. The first-order valence-electron chi connectivity index (χ1n) is 13.9. The van der Waals surface area contributed by atoms with Gasteiger partial charge in [0.05, 0.1) is 33.0 Å². The Morgan fingerprint density at radius 3 is 2.51 bits per heavy atom. The molecule has 0 bridgehead atoms. The Morgan fingerprint density at radius 2 is 1.80 bits per heavy atom. The zero-order chi connectivity index (χ0) is 29.1. The lowest BCUT2D eigenvalue weighted by Gasteiger charge is -2.17. The summed E-state index contributed by atoms with van der Waals surface area (Å²) >= 11 is 0.